The van der Waals surface area contributed by atoms with Gasteiger partial charge in [0, 0.05) is 0 Å². The molecule has 1 heterocycles. The van der Waals surface area contributed by atoms with Crippen LogP contribution in [0, 0.1) is 18.2 Å². The SMILES string of the molecule is C[C-](C)C.Cl.Cl.[C-]1=CC=CC1.[CH2]=[Ti].[c-]1cc2ccccc2[nH]1. The molecule has 0 saturated carbocycles. The first-order chi connectivity index (χ1) is 9.70. The monoisotopic (exact) mass is 372 g/mol. The van der Waals surface area contributed by atoms with Crippen molar-refractivity contribution in [1.29, 1.82) is 0 Å². The second-order valence-electron chi connectivity index (χ2n) is 4.50. The molecular formula is C18H24Cl2NTi-3. The van der Waals surface area contributed by atoms with Gasteiger partial charge in [-0.15, -0.1) is 55.1 Å². The molecule has 0 fully saturated rings. The maximum absolute atomic E-state index is 3.25. The third kappa shape index (κ3) is 14.3. The normalized spacial score (nSPS) is 9.95. The molecule has 0 spiro atoms. The number of aromatic nitrogens is 1. The van der Waals surface area contributed by atoms with Gasteiger partial charge in [-0.2, -0.15) is 38.3 Å². The summed E-state index contributed by atoms with van der Waals surface area (Å²) in [5, 5.41) is 1.22. The minimum absolute atomic E-state index is 0. The molecule has 1 nitrogen and oxygen atoms in total. The number of fused-ring (bicyclic) bond motifs is 1. The van der Waals surface area contributed by atoms with Gasteiger partial charge in [0.1, 0.15) is 0 Å². The van der Waals surface area contributed by atoms with Gasteiger partial charge in [-0.25, -0.2) is 12.2 Å². The maximum Gasteiger partial charge on any atom is -0.0745 e. The van der Waals surface area contributed by atoms with Gasteiger partial charge < -0.3 is 10.9 Å². The number of hydrogen-bond donors (Lipinski definition) is 1. The van der Waals surface area contributed by atoms with E-state index < -0.39 is 0 Å². The van der Waals surface area contributed by atoms with Crippen molar-refractivity contribution < 1.29 is 20.0 Å². The summed E-state index contributed by atoms with van der Waals surface area (Å²) in [6, 6.07) is 10.1. The Balaban J connectivity index is -0.000000243. The molecule has 1 aliphatic carbocycles. The van der Waals surface area contributed by atoms with Gasteiger partial charge in [-0.3, -0.25) is 6.08 Å². The number of rotatable bonds is 0. The van der Waals surface area contributed by atoms with Crippen LogP contribution < -0.4 is 0 Å². The van der Waals surface area contributed by atoms with Crippen molar-refractivity contribution in [2.75, 3.05) is 0 Å². The average Bonchev–Trinajstić information content (AvgIpc) is 3.15. The number of H-pyrrole nitrogens is 1. The van der Waals surface area contributed by atoms with Crippen LogP contribution in [0.1, 0.15) is 27.2 Å². The quantitative estimate of drug-likeness (QED) is 0.450. The van der Waals surface area contributed by atoms with Crippen molar-refractivity contribution >= 4 is 40.5 Å². The van der Waals surface area contributed by atoms with Crippen LogP contribution in [0.5, 0.6) is 0 Å². The standard InChI is InChI=1S/C8H6N.C5H5.C4H9.CH2.2ClH.Ti/c1-2-4-8-7(3-1)5-6-9-8;1-2-4-5-3-1;1-4(2)3;;;;/h1-5,9H;1-3H,4H2;1-3H3;1H2;2*1H;/q3*-1;;;;. The number of aromatic amines is 1. The Morgan fingerprint density at radius 3 is 2.14 bits per heavy atom. The summed E-state index contributed by atoms with van der Waals surface area (Å²) in [4.78, 5) is 6.24. The predicted octanol–water partition coefficient (Wildman–Crippen LogP) is 5.70. The molecule has 0 radical (unpaired) electrons. The van der Waals surface area contributed by atoms with Crippen molar-refractivity contribution in [1.82, 2.24) is 4.98 Å². The second-order valence-corrected chi connectivity index (χ2v) is 4.50. The van der Waals surface area contributed by atoms with Crippen LogP contribution in [0.25, 0.3) is 10.9 Å². The van der Waals surface area contributed by atoms with Gasteiger partial charge in [-0.1, -0.05) is 12.1 Å². The number of halogens is 2. The first kappa shape index (κ1) is 26.3. The van der Waals surface area contributed by atoms with E-state index in [1.54, 1.807) is 20.0 Å². The predicted molar refractivity (Wildman–Crippen MR) is 101 cm³/mol. The molecule has 0 atom stereocenters. The average molecular weight is 373 g/mol. The third-order valence-electron chi connectivity index (χ3n) is 1.98. The van der Waals surface area contributed by atoms with Gasteiger partial charge in [0.25, 0.3) is 0 Å². The fraction of sp³-hybridized carbons (Fsp3) is 0.222. The molecule has 0 unspecified atom stereocenters. The molecule has 1 aliphatic rings. The summed E-state index contributed by atoms with van der Waals surface area (Å²) in [5.41, 5.74) is 1.15. The van der Waals surface area contributed by atoms with E-state index in [0.717, 1.165) is 11.9 Å². The van der Waals surface area contributed by atoms with Gasteiger partial charge >= 0.3 is 24.8 Å². The Morgan fingerprint density at radius 1 is 1.14 bits per heavy atom. The molecule has 1 aromatic carbocycles. The summed E-state index contributed by atoms with van der Waals surface area (Å²) < 4.78 is 0. The van der Waals surface area contributed by atoms with E-state index in [2.05, 4.69) is 55.0 Å². The summed E-state index contributed by atoms with van der Waals surface area (Å²) in [6.45, 7) is 6.25. The van der Waals surface area contributed by atoms with Crippen LogP contribution in [0.3, 0.4) is 0 Å². The molecule has 2 aromatic rings. The molecule has 3 rings (SSSR count). The fourth-order valence-corrected chi connectivity index (χ4v) is 1.27. The fourth-order valence-electron chi connectivity index (χ4n) is 1.27. The summed E-state index contributed by atoms with van der Waals surface area (Å²) >= 11 is 1.75. The van der Waals surface area contributed by atoms with Gasteiger partial charge in [0.05, 0.1) is 0 Å². The first-order valence-corrected chi connectivity index (χ1v) is 7.58. The first-order valence-electron chi connectivity index (χ1n) is 6.48. The molecule has 0 saturated heterocycles. The molecule has 0 amide bonds. The minimum Gasteiger partial charge on any atom is -0.477 e. The number of allylic oxidation sites excluding steroid dienone is 4. The molecular weight excluding hydrogens is 349 g/mol. The van der Waals surface area contributed by atoms with E-state index in [-0.39, 0.29) is 24.8 Å². The number of nitrogens with one attached hydrogen (secondary N) is 1. The van der Waals surface area contributed by atoms with Crippen LogP contribution in [0.2, 0.25) is 0 Å². The van der Waals surface area contributed by atoms with Gasteiger partial charge in [0.2, 0.25) is 0 Å². The van der Waals surface area contributed by atoms with E-state index in [0.29, 0.717) is 0 Å². The van der Waals surface area contributed by atoms with Crippen molar-refractivity contribution in [2.45, 2.75) is 27.2 Å². The zero-order valence-electron chi connectivity index (χ0n) is 13.3. The van der Waals surface area contributed by atoms with E-state index in [9.17, 15) is 0 Å². The zero-order valence-corrected chi connectivity index (χ0v) is 16.5. The molecule has 4 heteroatoms. The smallest absolute Gasteiger partial charge is 0.0745 e. The number of hydrogen-bond acceptors (Lipinski definition) is 0. The van der Waals surface area contributed by atoms with Crippen LogP contribution in [0.15, 0.2) is 48.6 Å². The minimum atomic E-state index is 0. The van der Waals surface area contributed by atoms with Crippen molar-refractivity contribution in [2.24, 2.45) is 0 Å². The Hall–Kier alpha value is -0.596. The Kier molecular flexibility index (Phi) is 22.1. The summed E-state index contributed by atoms with van der Waals surface area (Å²) in [6.07, 6.45) is 12.9. The third-order valence-corrected chi connectivity index (χ3v) is 1.98. The van der Waals surface area contributed by atoms with Crippen LogP contribution in [-0.2, 0) is 20.0 Å². The van der Waals surface area contributed by atoms with E-state index in [1.807, 2.05) is 36.4 Å². The van der Waals surface area contributed by atoms with Crippen LogP contribution in [0.4, 0.5) is 0 Å². The second kappa shape index (κ2) is 18.5. The molecule has 122 valence electrons. The molecule has 0 aliphatic heterocycles. The molecule has 1 N–H and O–H groups in total. The Bertz CT molecular complexity index is 476. The summed E-state index contributed by atoms with van der Waals surface area (Å²) in [7, 11) is 0. The van der Waals surface area contributed by atoms with E-state index >= 15 is 0 Å². The van der Waals surface area contributed by atoms with E-state index in [4.69, 9.17) is 0 Å². The summed E-state index contributed by atoms with van der Waals surface area (Å²) in [5.74, 6) is 1.42. The largest absolute Gasteiger partial charge is 0.477 e. The van der Waals surface area contributed by atoms with Crippen molar-refractivity contribution in [3.8, 4) is 0 Å². The maximum atomic E-state index is 3.25. The van der Waals surface area contributed by atoms with Crippen LogP contribution >= 0.6 is 24.8 Å². The van der Waals surface area contributed by atoms with Crippen LogP contribution in [-0.4, -0.2) is 9.80 Å². The topological polar surface area (TPSA) is 15.8 Å². The number of benzene rings is 1. The molecule has 0 bridgehead atoms. The van der Waals surface area contributed by atoms with E-state index in [1.165, 1.54) is 11.3 Å². The zero-order chi connectivity index (χ0) is 15.2. The van der Waals surface area contributed by atoms with Crippen molar-refractivity contribution in [3.05, 3.63) is 66.8 Å². The molecule has 22 heavy (non-hydrogen) atoms. The Labute approximate surface area is 159 Å². The van der Waals surface area contributed by atoms with Gasteiger partial charge in [-0.05, 0) is 0 Å². The van der Waals surface area contributed by atoms with Gasteiger partial charge in [0.15, 0.2) is 0 Å². The molecule has 1 aromatic heterocycles. The Morgan fingerprint density at radius 2 is 1.73 bits per heavy atom. The van der Waals surface area contributed by atoms with Crippen molar-refractivity contribution in [3.63, 3.8) is 0 Å². The number of para-hydroxylation sites is 1.